The van der Waals surface area contributed by atoms with Crippen LogP contribution in [0.25, 0.3) is 10.2 Å². The van der Waals surface area contributed by atoms with Gasteiger partial charge in [0.25, 0.3) is 5.19 Å². The summed E-state index contributed by atoms with van der Waals surface area (Å²) < 4.78 is 12.7. The highest BCUT2D eigenvalue weighted by Crippen LogP contribution is 2.33. The normalized spacial score (nSPS) is 16.6. The number of rotatable bonds is 5. The summed E-state index contributed by atoms with van der Waals surface area (Å²) in [5, 5.41) is 4.73. The number of aromatic nitrogens is 1. The van der Waals surface area contributed by atoms with E-state index >= 15 is 0 Å². The molecule has 1 saturated heterocycles. The number of nitrogens with one attached hydrogen (secondary N) is 1. The molecular formula is C18H18Cl2N2O2S. The van der Waals surface area contributed by atoms with Crippen molar-refractivity contribution in [3.63, 3.8) is 0 Å². The molecule has 4 rings (SSSR count). The Morgan fingerprint density at radius 2 is 1.96 bits per heavy atom. The Bertz CT molecular complexity index is 833. The van der Waals surface area contributed by atoms with Gasteiger partial charge in [-0.15, -0.1) is 12.4 Å². The van der Waals surface area contributed by atoms with Gasteiger partial charge in [-0.05, 0) is 61.9 Å². The smallest absolute Gasteiger partial charge is 0.279 e. The van der Waals surface area contributed by atoms with Crippen molar-refractivity contribution in [3.8, 4) is 16.7 Å². The molecule has 7 heteroatoms. The average Bonchev–Trinajstić information content (AvgIpc) is 3.23. The monoisotopic (exact) mass is 396 g/mol. The maximum atomic E-state index is 6.00. The number of fused-ring (bicyclic) bond motifs is 1. The van der Waals surface area contributed by atoms with Gasteiger partial charge in [0.15, 0.2) is 0 Å². The van der Waals surface area contributed by atoms with E-state index in [1.54, 1.807) is 0 Å². The highest BCUT2D eigenvalue weighted by Gasteiger charge is 2.14. The number of thiazole rings is 1. The van der Waals surface area contributed by atoms with Crippen molar-refractivity contribution in [2.24, 2.45) is 0 Å². The molecule has 2 aromatic carbocycles. The van der Waals surface area contributed by atoms with Gasteiger partial charge in [0, 0.05) is 11.1 Å². The molecule has 1 fully saturated rings. The summed E-state index contributed by atoms with van der Waals surface area (Å²) in [6.45, 7) is 1.80. The number of ether oxygens (including phenoxy) is 2. The largest absolute Gasteiger partial charge is 0.492 e. The maximum Gasteiger partial charge on any atom is 0.279 e. The second-order valence-corrected chi connectivity index (χ2v) is 7.20. The standard InChI is InChI=1S/C18H17ClN2O2S.ClH/c19-12-3-8-16-17(10-12)24-18(21-16)23-15-6-4-14(5-7-15)22-11-13-2-1-9-20-13;/h3-8,10,13,20H,1-2,9,11H2;1H/t13-;/m1./s1. The van der Waals surface area contributed by atoms with Crippen molar-refractivity contribution in [1.29, 1.82) is 0 Å². The Morgan fingerprint density at radius 3 is 2.72 bits per heavy atom. The Kier molecular flexibility index (Phi) is 6.02. The zero-order chi connectivity index (χ0) is 16.4. The van der Waals surface area contributed by atoms with Crippen LogP contribution >= 0.6 is 35.3 Å². The molecule has 1 atom stereocenters. The highest BCUT2D eigenvalue weighted by atomic mass is 35.5. The van der Waals surface area contributed by atoms with Crippen LogP contribution < -0.4 is 14.8 Å². The first-order valence-corrected chi connectivity index (χ1v) is 9.16. The van der Waals surface area contributed by atoms with Crippen LogP contribution in [0.2, 0.25) is 5.02 Å². The van der Waals surface area contributed by atoms with Gasteiger partial charge in [0.1, 0.15) is 18.1 Å². The number of halogens is 2. The van der Waals surface area contributed by atoms with Gasteiger partial charge in [-0.2, -0.15) is 0 Å². The number of hydrogen-bond acceptors (Lipinski definition) is 5. The third kappa shape index (κ3) is 4.55. The van der Waals surface area contributed by atoms with Gasteiger partial charge in [-0.25, -0.2) is 4.98 Å². The fourth-order valence-corrected chi connectivity index (χ4v) is 3.83. The van der Waals surface area contributed by atoms with Gasteiger partial charge in [0.2, 0.25) is 0 Å². The van der Waals surface area contributed by atoms with Crippen molar-refractivity contribution in [2.45, 2.75) is 18.9 Å². The first kappa shape index (κ1) is 18.3. The Balaban J connectivity index is 0.00000182. The van der Waals surface area contributed by atoms with E-state index in [4.69, 9.17) is 21.1 Å². The molecule has 1 N–H and O–H groups in total. The van der Waals surface area contributed by atoms with Gasteiger partial charge < -0.3 is 14.8 Å². The molecule has 0 bridgehead atoms. The Morgan fingerprint density at radius 1 is 1.16 bits per heavy atom. The molecule has 0 unspecified atom stereocenters. The van der Waals surface area contributed by atoms with E-state index in [0.717, 1.165) is 28.3 Å². The minimum absolute atomic E-state index is 0. The van der Waals surface area contributed by atoms with E-state index in [9.17, 15) is 0 Å². The summed E-state index contributed by atoms with van der Waals surface area (Å²) in [5.74, 6) is 1.60. The Hall–Kier alpha value is -1.53. The van der Waals surface area contributed by atoms with E-state index in [-0.39, 0.29) is 12.4 Å². The topological polar surface area (TPSA) is 43.4 Å². The third-order valence-corrected chi connectivity index (χ3v) is 5.10. The molecule has 25 heavy (non-hydrogen) atoms. The molecule has 0 spiro atoms. The van der Waals surface area contributed by atoms with Gasteiger partial charge in [-0.3, -0.25) is 0 Å². The minimum atomic E-state index is 0. The molecule has 1 aliphatic heterocycles. The highest BCUT2D eigenvalue weighted by molar-refractivity contribution is 7.20. The van der Waals surface area contributed by atoms with E-state index in [1.807, 2.05) is 42.5 Å². The lowest BCUT2D eigenvalue weighted by Crippen LogP contribution is -2.28. The minimum Gasteiger partial charge on any atom is -0.492 e. The molecule has 132 valence electrons. The van der Waals surface area contributed by atoms with Crippen LogP contribution in [-0.4, -0.2) is 24.2 Å². The van der Waals surface area contributed by atoms with Crippen molar-refractivity contribution in [3.05, 3.63) is 47.5 Å². The number of nitrogens with zero attached hydrogens (tertiary/aromatic N) is 1. The van der Waals surface area contributed by atoms with Crippen LogP contribution in [0.15, 0.2) is 42.5 Å². The van der Waals surface area contributed by atoms with Crippen LogP contribution in [0.3, 0.4) is 0 Å². The summed E-state index contributed by atoms with van der Waals surface area (Å²) in [5.41, 5.74) is 0.892. The maximum absolute atomic E-state index is 6.00. The van der Waals surface area contributed by atoms with Gasteiger partial charge in [-0.1, -0.05) is 22.9 Å². The molecular weight excluding hydrogens is 379 g/mol. The summed E-state index contributed by atoms with van der Waals surface area (Å²) in [4.78, 5) is 4.46. The second-order valence-electron chi connectivity index (χ2n) is 5.77. The summed E-state index contributed by atoms with van der Waals surface area (Å²) in [6, 6.07) is 13.7. The summed E-state index contributed by atoms with van der Waals surface area (Å²) in [7, 11) is 0. The van der Waals surface area contributed by atoms with E-state index in [1.165, 1.54) is 24.2 Å². The first-order valence-electron chi connectivity index (χ1n) is 7.96. The van der Waals surface area contributed by atoms with Gasteiger partial charge in [0.05, 0.1) is 10.2 Å². The predicted molar refractivity (Wildman–Crippen MR) is 105 cm³/mol. The zero-order valence-corrected chi connectivity index (χ0v) is 15.8. The fourth-order valence-electron chi connectivity index (χ4n) is 2.72. The van der Waals surface area contributed by atoms with Crippen LogP contribution in [0.1, 0.15) is 12.8 Å². The second kappa shape index (κ2) is 8.23. The summed E-state index contributed by atoms with van der Waals surface area (Å²) >= 11 is 7.48. The zero-order valence-electron chi connectivity index (χ0n) is 13.4. The van der Waals surface area contributed by atoms with Crippen LogP contribution in [0.4, 0.5) is 0 Å². The summed E-state index contributed by atoms with van der Waals surface area (Å²) in [6.07, 6.45) is 2.41. The van der Waals surface area contributed by atoms with Crippen LogP contribution in [0.5, 0.6) is 16.7 Å². The van der Waals surface area contributed by atoms with E-state index < -0.39 is 0 Å². The lowest BCUT2D eigenvalue weighted by atomic mass is 10.2. The SMILES string of the molecule is Cl.Clc1ccc2nc(Oc3ccc(OC[C@H]4CCCN4)cc3)sc2c1. The van der Waals surface area contributed by atoms with Crippen molar-refractivity contribution in [1.82, 2.24) is 10.3 Å². The van der Waals surface area contributed by atoms with Crippen molar-refractivity contribution < 1.29 is 9.47 Å². The predicted octanol–water partition coefficient (Wildman–Crippen LogP) is 5.29. The molecule has 4 nitrogen and oxygen atoms in total. The van der Waals surface area contributed by atoms with Crippen LogP contribution in [-0.2, 0) is 0 Å². The molecule has 0 amide bonds. The molecule has 1 aliphatic rings. The lowest BCUT2D eigenvalue weighted by Gasteiger charge is -2.12. The van der Waals surface area contributed by atoms with E-state index in [0.29, 0.717) is 22.9 Å². The van der Waals surface area contributed by atoms with Crippen LogP contribution in [0, 0.1) is 0 Å². The molecule has 2 heterocycles. The number of benzene rings is 2. The van der Waals surface area contributed by atoms with E-state index in [2.05, 4.69) is 10.3 Å². The molecule has 0 aliphatic carbocycles. The molecule has 0 saturated carbocycles. The lowest BCUT2D eigenvalue weighted by molar-refractivity contribution is 0.277. The molecule has 1 aromatic heterocycles. The molecule has 0 radical (unpaired) electrons. The van der Waals surface area contributed by atoms with Crippen molar-refractivity contribution in [2.75, 3.05) is 13.2 Å². The first-order chi connectivity index (χ1) is 11.8. The quantitative estimate of drug-likeness (QED) is 0.635. The van der Waals surface area contributed by atoms with Crippen molar-refractivity contribution >= 4 is 45.6 Å². The molecule has 3 aromatic rings. The Labute approximate surface area is 161 Å². The number of hydrogen-bond donors (Lipinski definition) is 1. The van der Waals surface area contributed by atoms with Gasteiger partial charge >= 0.3 is 0 Å². The average molecular weight is 397 g/mol. The fraction of sp³-hybridized carbons (Fsp3) is 0.278. The third-order valence-electron chi connectivity index (χ3n) is 3.97.